The number of nitrogens with one attached hydrogen (secondary N) is 1. The highest BCUT2D eigenvalue weighted by Crippen LogP contribution is 2.15. The lowest BCUT2D eigenvalue weighted by Crippen LogP contribution is -2.24. The monoisotopic (exact) mass is 358 g/mol. The van der Waals surface area contributed by atoms with Crippen LogP contribution in [0.3, 0.4) is 0 Å². The summed E-state index contributed by atoms with van der Waals surface area (Å²) in [5, 5.41) is 2.91. The van der Waals surface area contributed by atoms with E-state index in [9.17, 15) is 4.79 Å². The summed E-state index contributed by atoms with van der Waals surface area (Å²) in [5.74, 6) is 0.0792. The SMILES string of the molecule is COCCOc1ncccc1C(=O)NCc1cccc(COC(C)C)c1. The molecule has 0 saturated heterocycles. The molecule has 2 rings (SSSR count). The number of amides is 1. The molecule has 6 heteroatoms. The molecule has 1 aromatic carbocycles. The van der Waals surface area contributed by atoms with Crippen molar-refractivity contribution in [3.63, 3.8) is 0 Å². The molecule has 0 aliphatic rings. The molecule has 140 valence electrons. The quantitative estimate of drug-likeness (QED) is 0.661. The van der Waals surface area contributed by atoms with Crippen LogP contribution in [-0.4, -0.2) is 37.3 Å². The van der Waals surface area contributed by atoms with Gasteiger partial charge in [0.1, 0.15) is 12.2 Å². The van der Waals surface area contributed by atoms with Crippen molar-refractivity contribution in [1.29, 1.82) is 0 Å². The van der Waals surface area contributed by atoms with E-state index in [2.05, 4.69) is 10.3 Å². The topological polar surface area (TPSA) is 69.7 Å². The Kier molecular flexibility index (Phi) is 8.05. The van der Waals surface area contributed by atoms with Crippen LogP contribution in [0.2, 0.25) is 0 Å². The molecule has 0 spiro atoms. The van der Waals surface area contributed by atoms with Crippen molar-refractivity contribution in [2.24, 2.45) is 0 Å². The van der Waals surface area contributed by atoms with E-state index in [0.29, 0.717) is 37.8 Å². The van der Waals surface area contributed by atoms with Gasteiger partial charge in [-0.15, -0.1) is 0 Å². The highest BCUT2D eigenvalue weighted by Gasteiger charge is 2.13. The van der Waals surface area contributed by atoms with Crippen LogP contribution in [0.25, 0.3) is 0 Å². The van der Waals surface area contributed by atoms with Crippen molar-refractivity contribution in [1.82, 2.24) is 10.3 Å². The second kappa shape index (κ2) is 10.5. The molecular weight excluding hydrogens is 332 g/mol. The third-order valence-electron chi connectivity index (χ3n) is 3.57. The molecule has 0 bridgehead atoms. The minimum Gasteiger partial charge on any atom is -0.475 e. The minimum absolute atomic E-state index is 0.181. The van der Waals surface area contributed by atoms with Crippen molar-refractivity contribution in [2.75, 3.05) is 20.3 Å². The number of nitrogens with zero attached hydrogens (tertiary/aromatic N) is 1. The number of ether oxygens (including phenoxy) is 3. The molecule has 0 aliphatic carbocycles. The maximum Gasteiger partial charge on any atom is 0.257 e. The smallest absolute Gasteiger partial charge is 0.257 e. The van der Waals surface area contributed by atoms with Crippen LogP contribution in [-0.2, 0) is 22.6 Å². The number of carbonyl (C=O) groups is 1. The second-order valence-corrected chi connectivity index (χ2v) is 6.06. The Bertz CT molecular complexity index is 704. The molecule has 6 nitrogen and oxygen atoms in total. The van der Waals surface area contributed by atoms with E-state index in [0.717, 1.165) is 11.1 Å². The molecule has 0 fully saturated rings. The van der Waals surface area contributed by atoms with Gasteiger partial charge in [-0.2, -0.15) is 0 Å². The lowest BCUT2D eigenvalue weighted by Gasteiger charge is -2.11. The van der Waals surface area contributed by atoms with Crippen LogP contribution in [0.1, 0.15) is 35.3 Å². The normalized spacial score (nSPS) is 10.8. The molecule has 2 aromatic rings. The predicted molar refractivity (Wildman–Crippen MR) is 99.1 cm³/mol. The van der Waals surface area contributed by atoms with Crippen molar-refractivity contribution in [3.05, 3.63) is 59.3 Å². The zero-order valence-corrected chi connectivity index (χ0v) is 15.5. The third kappa shape index (κ3) is 6.46. The summed E-state index contributed by atoms with van der Waals surface area (Å²) in [6, 6.07) is 11.4. The highest BCUT2D eigenvalue weighted by atomic mass is 16.5. The van der Waals surface area contributed by atoms with Crippen LogP contribution in [0.15, 0.2) is 42.6 Å². The summed E-state index contributed by atoms with van der Waals surface area (Å²) in [6.07, 6.45) is 1.78. The molecule has 1 heterocycles. The summed E-state index contributed by atoms with van der Waals surface area (Å²) in [4.78, 5) is 16.6. The Morgan fingerprint density at radius 2 is 1.96 bits per heavy atom. The Hall–Kier alpha value is -2.44. The summed E-state index contributed by atoms with van der Waals surface area (Å²) < 4.78 is 16.1. The summed E-state index contributed by atoms with van der Waals surface area (Å²) in [5.41, 5.74) is 2.49. The van der Waals surface area contributed by atoms with E-state index >= 15 is 0 Å². The lowest BCUT2D eigenvalue weighted by molar-refractivity contribution is 0.0657. The fraction of sp³-hybridized carbons (Fsp3) is 0.400. The number of aromatic nitrogens is 1. The number of hydrogen-bond donors (Lipinski definition) is 1. The van der Waals surface area contributed by atoms with Gasteiger partial charge < -0.3 is 19.5 Å². The molecule has 1 amide bonds. The molecule has 26 heavy (non-hydrogen) atoms. The summed E-state index contributed by atoms with van der Waals surface area (Å²) in [6.45, 7) is 5.75. The lowest BCUT2D eigenvalue weighted by atomic mass is 10.1. The van der Waals surface area contributed by atoms with Crippen molar-refractivity contribution in [3.8, 4) is 5.88 Å². The van der Waals surface area contributed by atoms with E-state index in [1.54, 1.807) is 25.4 Å². The Morgan fingerprint density at radius 3 is 2.73 bits per heavy atom. The molecule has 1 aromatic heterocycles. The maximum atomic E-state index is 12.5. The number of rotatable bonds is 10. The largest absolute Gasteiger partial charge is 0.475 e. The maximum absolute atomic E-state index is 12.5. The first-order chi connectivity index (χ1) is 12.6. The molecule has 0 radical (unpaired) electrons. The Labute approximate surface area is 154 Å². The van der Waals surface area contributed by atoms with Crippen LogP contribution in [0.4, 0.5) is 0 Å². The van der Waals surface area contributed by atoms with Gasteiger partial charge in [0, 0.05) is 19.9 Å². The van der Waals surface area contributed by atoms with Gasteiger partial charge >= 0.3 is 0 Å². The van der Waals surface area contributed by atoms with Gasteiger partial charge in [-0.3, -0.25) is 4.79 Å². The van der Waals surface area contributed by atoms with Gasteiger partial charge in [0.25, 0.3) is 5.91 Å². The van der Waals surface area contributed by atoms with Gasteiger partial charge in [-0.05, 0) is 37.1 Å². The number of methoxy groups -OCH3 is 1. The first kappa shape index (κ1) is 19.9. The first-order valence-electron chi connectivity index (χ1n) is 8.64. The molecular formula is C20H26N2O4. The molecule has 0 saturated carbocycles. The average Bonchev–Trinajstić information content (AvgIpc) is 2.65. The predicted octanol–water partition coefficient (Wildman–Crippen LogP) is 2.96. The van der Waals surface area contributed by atoms with Gasteiger partial charge in [-0.1, -0.05) is 24.3 Å². The van der Waals surface area contributed by atoms with E-state index < -0.39 is 0 Å². The van der Waals surface area contributed by atoms with Crippen LogP contribution >= 0.6 is 0 Å². The van der Waals surface area contributed by atoms with Gasteiger partial charge in [0.15, 0.2) is 0 Å². The number of benzene rings is 1. The van der Waals surface area contributed by atoms with Crippen molar-refractivity contribution in [2.45, 2.75) is 33.1 Å². The van der Waals surface area contributed by atoms with E-state index in [1.807, 2.05) is 38.1 Å². The van der Waals surface area contributed by atoms with E-state index in [1.165, 1.54) is 0 Å². The third-order valence-corrected chi connectivity index (χ3v) is 3.57. The molecule has 1 N–H and O–H groups in total. The van der Waals surface area contributed by atoms with E-state index in [4.69, 9.17) is 14.2 Å². The number of carbonyl (C=O) groups excluding carboxylic acids is 1. The second-order valence-electron chi connectivity index (χ2n) is 6.06. The van der Waals surface area contributed by atoms with E-state index in [-0.39, 0.29) is 12.0 Å². The Morgan fingerprint density at radius 1 is 1.15 bits per heavy atom. The zero-order valence-electron chi connectivity index (χ0n) is 15.5. The zero-order chi connectivity index (χ0) is 18.8. The van der Waals surface area contributed by atoms with Crippen LogP contribution in [0, 0.1) is 0 Å². The van der Waals surface area contributed by atoms with Gasteiger partial charge in [0.2, 0.25) is 5.88 Å². The Balaban J connectivity index is 1.95. The minimum atomic E-state index is -0.227. The molecule has 0 unspecified atom stereocenters. The van der Waals surface area contributed by atoms with Crippen LogP contribution < -0.4 is 10.1 Å². The van der Waals surface area contributed by atoms with Crippen molar-refractivity contribution < 1.29 is 19.0 Å². The average molecular weight is 358 g/mol. The van der Waals surface area contributed by atoms with Gasteiger partial charge in [-0.25, -0.2) is 4.98 Å². The highest BCUT2D eigenvalue weighted by molar-refractivity contribution is 5.96. The van der Waals surface area contributed by atoms with Crippen LogP contribution in [0.5, 0.6) is 5.88 Å². The number of hydrogen-bond acceptors (Lipinski definition) is 5. The standard InChI is InChI=1S/C20H26N2O4/c1-15(2)26-14-17-7-4-6-16(12-17)13-22-19(23)18-8-5-9-21-20(18)25-11-10-24-3/h4-9,12,15H,10-11,13-14H2,1-3H3,(H,22,23). The fourth-order valence-electron chi connectivity index (χ4n) is 2.27. The first-order valence-corrected chi connectivity index (χ1v) is 8.64. The number of pyridine rings is 1. The van der Waals surface area contributed by atoms with Gasteiger partial charge in [0.05, 0.1) is 19.3 Å². The summed E-state index contributed by atoms with van der Waals surface area (Å²) in [7, 11) is 1.59. The molecule has 0 aliphatic heterocycles. The summed E-state index contributed by atoms with van der Waals surface area (Å²) >= 11 is 0. The van der Waals surface area contributed by atoms with Crippen molar-refractivity contribution >= 4 is 5.91 Å². The fourth-order valence-corrected chi connectivity index (χ4v) is 2.27. The molecule has 0 atom stereocenters.